The summed E-state index contributed by atoms with van der Waals surface area (Å²) in [6.45, 7) is -1.11. The fraction of sp³-hybridized carbons (Fsp3) is 0.500. The van der Waals surface area contributed by atoms with Crippen LogP contribution in [0.15, 0.2) is 0 Å². The summed E-state index contributed by atoms with van der Waals surface area (Å²) in [6, 6.07) is 0. The summed E-state index contributed by atoms with van der Waals surface area (Å²) in [7, 11) is 0. The van der Waals surface area contributed by atoms with Crippen LogP contribution in [-0.4, -0.2) is 70.5 Å². The van der Waals surface area contributed by atoms with E-state index in [0.29, 0.717) is 0 Å². The molecule has 0 fully saturated rings. The molecule has 128 valence electrons. The summed E-state index contributed by atoms with van der Waals surface area (Å²) >= 11 is 0. The molecule has 0 unspecified atom stereocenters. The molecule has 0 aliphatic heterocycles. The first kappa shape index (κ1) is 31.6. The number of hydrogen-bond donors (Lipinski definition) is 8. The molecule has 12 N–H and O–H groups in total. The van der Waals surface area contributed by atoms with Crippen molar-refractivity contribution in [1.82, 2.24) is 0 Å². The van der Waals surface area contributed by atoms with E-state index < -0.39 is 23.9 Å². The van der Waals surface area contributed by atoms with Crippen LogP contribution in [-0.2, 0) is 39.0 Å². The molecular weight excluding hydrogens is 470 g/mol. The van der Waals surface area contributed by atoms with Crippen LogP contribution in [0.5, 0.6) is 0 Å². The molecule has 0 rings (SSSR count). The van der Waals surface area contributed by atoms with Crippen molar-refractivity contribution in [2.24, 2.45) is 22.9 Å². The number of carbonyl (C=O) groups is 4. The number of hydrogen-bond acceptors (Lipinski definition) is 8. The van der Waals surface area contributed by atoms with Gasteiger partial charge in [-0.25, -0.2) is 0 Å². The normalized spacial score (nSPS) is 7.05. The minimum absolute atomic E-state index is 0. The Morgan fingerprint density at radius 2 is 0.571 bits per heavy atom. The predicted molar refractivity (Wildman–Crippen MR) is 66.8 cm³/mol. The van der Waals surface area contributed by atoms with Crippen LogP contribution in [0.25, 0.3) is 0 Å². The molecule has 13 heteroatoms. The number of aliphatic carboxylic acids is 4. The van der Waals surface area contributed by atoms with E-state index in [1.807, 2.05) is 0 Å². The summed E-state index contributed by atoms with van der Waals surface area (Å²) in [5.74, 6) is -3.87. The molecule has 0 amide bonds. The molecule has 0 aliphatic carbocycles. The molecule has 0 aliphatic rings. The molecule has 0 saturated carbocycles. The summed E-state index contributed by atoms with van der Waals surface area (Å²) < 4.78 is 0. The Morgan fingerprint density at radius 3 is 0.571 bits per heavy atom. The second-order valence-electron chi connectivity index (χ2n) is 2.39. The van der Waals surface area contributed by atoms with Crippen molar-refractivity contribution >= 4 is 23.9 Å². The quantitative estimate of drug-likeness (QED) is 0.188. The van der Waals surface area contributed by atoms with Gasteiger partial charge in [0.05, 0.1) is 26.2 Å². The fourth-order valence-corrected chi connectivity index (χ4v) is 0. The van der Waals surface area contributed by atoms with Gasteiger partial charge in [0, 0.05) is 19.8 Å². The molecule has 0 heterocycles. The van der Waals surface area contributed by atoms with Gasteiger partial charge >= 0.3 is 23.9 Å². The SMILES string of the molecule is NCC(=O)O.NCC(=O)O.NCC(=O)O.NCC(=O)O.[Os]. The third-order valence-electron chi connectivity index (χ3n) is 0.698. The first-order valence-electron chi connectivity index (χ1n) is 4.76. The Kier molecular flexibility index (Phi) is 40.4. The van der Waals surface area contributed by atoms with E-state index in [1.165, 1.54) is 0 Å². The van der Waals surface area contributed by atoms with Gasteiger partial charge < -0.3 is 43.4 Å². The van der Waals surface area contributed by atoms with E-state index >= 15 is 0 Å². The fourth-order valence-electron chi connectivity index (χ4n) is 0. The Hall–Kier alpha value is -1.64. The Bertz CT molecular complexity index is 233. The van der Waals surface area contributed by atoms with Crippen molar-refractivity contribution in [2.75, 3.05) is 26.2 Å². The van der Waals surface area contributed by atoms with Crippen molar-refractivity contribution in [3.05, 3.63) is 0 Å². The number of carboxylic acid groups (broad SMARTS) is 4. The average molecular weight is 490 g/mol. The largest absolute Gasteiger partial charge is 0.480 e. The number of nitrogens with two attached hydrogens (primary N) is 4. The molecule has 0 spiro atoms. The minimum atomic E-state index is -0.968. The van der Waals surface area contributed by atoms with Crippen LogP contribution in [0, 0.1) is 0 Å². The van der Waals surface area contributed by atoms with Gasteiger partial charge in [-0.1, -0.05) is 0 Å². The number of carboxylic acids is 4. The Morgan fingerprint density at radius 1 is 0.524 bits per heavy atom. The molecule has 0 radical (unpaired) electrons. The minimum Gasteiger partial charge on any atom is -0.480 e. The molecule has 0 atom stereocenters. The first-order valence-corrected chi connectivity index (χ1v) is 4.76. The molecular formula is C8H20N4O8Os. The van der Waals surface area contributed by atoms with Crippen LogP contribution in [0.3, 0.4) is 0 Å². The van der Waals surface area contributed by atoms with E-state index in [-0.39, 0.29) is 46.0 Å². The van der Waals surface area contributed by atoms with Gasteiger partial charge in [-0.05, 0) is 0 Å². The molecule has 0 aromatic carbocycles. The van der Waals surface area contributed by atoms with Crippen LogP contribution >= 0.6 is 0 Å². The Balaban J connectivity index is -0.0000000533. The maximum Gasteiger partial charge on any atom is 0.317 e. The zero-order valence-electron chi connectivity index (χ0n) is 10.9. The van der Waals surface area contributed by atoms with E-state index in [2.05, 4.69) is 22.9 Å². The third kappa shape index (κ3) is 122. The van der Waals surface area contributed by atoms with Crippen LogP contribution < -0.4 is 22.9 Å². The summed E-state index contributed by atoms with van der Waals surface area (Å²) in [6.07, 6.45) is 0. The van der Waals surface area contributed by atoms with Crippen molar-refractivity contribution in [3.8, 4) is 0 Å². The maximum atomic E-state index is 9.24. The van der Waals surface area contributed by atoms with Gasteiger partial charge in [-0.2, -0.15) is 0 Å². The zero-order valence-corrected chi connectivity index (χ0v) is 13.5. The molecule has 0 saturated heterocycles. The monoisotopic (exact) mass is 492 g/mol. The molecule has 0 aromatic rings. The molecule has 0 aromatic heterocycles. The predicted octanol–water partition coefficient (Wildman–Crippen LogP) is -3.88. The first-order chi connectivity index (χ1) is 9.08. The van der Waals surface area contributed by atoms with Crippen molar-refractivity contribution < 1.29 is 59.4 Å². The zero-order chi connectivity index (χ0) is 17.1. The molecule has 21 heavy (non-hydrogen) atoms. The van der Waals surface area contributed by atoms with E-state index in [9.17, 15) is 19.2 Å². The number of rotatable bonds is 4. The summed E-state index contributed by atoms with van der Waals surface area (Å²) in [5.41, 5.74) is 18.3. The van der Waals surface area contributed by atoms with Gasteiger partial charge in [-0.15, -0.1) is 0 Å². The third-order valence-corrected chi connectivity index (χ3v) is 0.698. The molecule has 12 nitrogen and oxygen atoms in total. The van der Waals surface area contributed by atoms with Crippen molar-refractivity contribution in [2.45, 2.75) is 0 Å². The van der Waals surface area contributed by atoms with Crippen LogP contribution in [0.4, 0.5) is 0 Å². The van der Waals surface area contributed by atoms with Crippen molar-refractivity contribution in [3.63, 3.8) is 0 Å². The summed E-state index contributed by atoms with van der Waals surface area (Å²) in [5, 5.41) is 30.4. The van der Waals surface area contributed by atoms with Gasteiger partial charge in [0.15, 0.2) is 0 Å². The average Bonchev–Trinajstić information content (AvgIpc) is 2.40. The second kappa shape index (κ2) is 26.8. The standard InChI is InChI=1S/4C2H5NO2.Os/c4*3-1-2(4)5;/h4*1,3H2,(H,4,5);. The van der Waals surface area contributed by atoms with Gasteiger partial charge in [0.1, 0.15) is 0 Å². The molecule has 0 bridgehead atoms. The second-order valence-corrected chi connectivity index (χ2v) is 2.39. The van der Waals surface area contributed by atoms with Gasteiger partial charge in [-0.3, -0.25) is 19.2 Å². The van der Waals surface area contributed by atoms with E-state index in [0.717, 1.165) is 0 Å². The van der Waals surface area contributed by atoms with Crippen molar-refractivity contribution in [1.29, 1.82) is 0 Å². The van der Waals surface area contributed by atoms with Crippen LogP contribution in [0.2, 0.25) is 0 Å². The maximum absolute atomic E-state index is 9.24. The van der Waals surface area contributed by atoms with E-state index in [1.54, 1.807) is 0 Å². The van der Waals surface area contributed by atoms with Gasteiger partial charge in [0.2, 0.25) is 0 Å². The van der Waals surface area contributed by atoms with E-state index in [4.69, 9.17) is 20.4 Å². The van der Waals surface area contributed by atoms with Gasteiger partial charge in [0.25, 0.3) is 0 Å². The smallest absolute Gasteiger partial charge is 0.317 e. The topological polar surface area (TPSA) is 253 Å². The summed E-state index contributed by atoms with van der Waals surface area (Å²) in [4.78, 5) is 37.0. The van der Waals surface area contributed by atoms with Crippen LogP contribution in [0.1, 0.15) is 0 Å². The Labute approximate surface area is 133 Å².